The Labute approximate surface area is 558 Å². The summed E-state index contributed by atoms with van der Waals surface area (Å²) >= 11 is 5.42. The maximum Gasteiger partial charge on any atom is 0.196 e. The van der Waals surface area contributed by atoms with Gasteiger partial charge < -0.3 is 40.4 Å². The number of hydrogen-bond donors (Lipinski definition) is 0. The number of hydrogen-bond acceptors (Lipinski definition) is 8. The van der Waals surface area contributed by atoms with Crippen LogP contribution in [-0.2, 0) is 0 Å². The molecule has 0 aliphatic heterocycles. The molecule has 9 nitrogen and oxygen atoms in total. The Bertz CT molecular complexity index is 6700. The first-order valence-corrected chi connectivity index (χ1v) is 34.9. The molecule has 0 saturated carbocycles. The summed E-state index contributed by atoms with van der Waals surface area (Å²) in [5.74, 6) is 0. The number of fused-ring (bicyclic) bond motifs is 28. The average molecular weight is 1300 g/mol. The first kappa shape index (κ1) is 54.4. The molecule has 0 aliphatic rings. The fraction of sp³-hybridized carbons (Fsp3) is 0.0952. The minimum absolute atomic E-state index is 0.771. The molecule has 0 spiro atoms. The van der Waals surface area contributed by atoms with Gasteiger partial charge in [0.15, 0.2) is 27.9 Å². The predicted octanol–water partition coefficient (Wildman–Crippen LogP) is 25.6. The molecule has 460 valence electrons. The van der Waals surface area contributed by atoms with Crippen LogP contribution in [0.25, 0.3) is 194 Å². The molecule has 0 N–H and O–H groups in total. The second-order valence-electron chi connectivity index (χ2n) is 26.6. The van der Waals surface area contributed by atoms with E-state index in [1.165, 1.54) is 74.8 Å². The van der Waals surface area contributed by atoms with Crippen molar-refractivity contribution in [1.29, 1.82) is 0 Å². The van der Waals surface area contributed by atoms with E-state index >= 15 is 0 Å². The zero-order chi connectivity index (χ0) is 64.0. The monoisotopic (exact) mass is 1300 g/mol. The molecule has 0 saturated heterocycles. The highest BCUT2D eigenvalue weighted by atomic mass is 32.1. The first-order chi connectivity index (χ1) is 46.8. The van der Waals surface area contributed by atoms with Crippen LogP contribution in [0.4, 0.5) is 0 Å². The Hall–Kier alpha value is -11.0. The fourth-order valence-electron chi connectivity index (χ4n) is 15.3. The van der Waals surface area contributed by atoms with Gasteiger partial charge in [-0.25, -0.2) is 0 Å². The van der Waals surface area contributed by atoms with Crippen LogP contribution in [0, 0.1) is 55.4 Å². The van der Waals surface area contributed by atoms with E-state index in [9.17, 15) is 0 Å². The molecule has 0 radical (unpaired) electrons. The van der Waals surface area contributed by atoms with Crippen LogP contribution in [-0.4, -0.2) is 18.3 Å². The van der Waals surface area contributed by atoms with Gasteiger partial charge >= 0.3 is 0 Å². The van der Waals surface area contributed by atoms with Crippen LogP contribution < -0.4 is 0 Å². The summed E-state index contributed by atoms with van der Waals surface area (Å²) in [5.41, 5.74) is 32.0. The van der Waals surface area contributed by atoms with Crippen LogP contribution >= 0.6 is 34.0 Å². The van der Waals surface area contributed by atoms with Crippen LogP contribution in [0.2, 0.25) is 0 Å². The highest BCUT2D eigenvalue weighted by Gasteiger charge is 2.30. The largest absolute Gasteiger partial charge is 0.453 e. The number of rotatable bonds is 4. The van der Waals surface area contributed by atoms with Gasteiger partial charge in [-0.1, -0.05) is 107 Å². The molecular weight excluding hydrogens is 1240 g/mol. The molecule has 12 heterocycles. The van der Waals surface area contributed by atoms with Crippen LogP contribution in [0.3, 0.4) is 0 Å². The van der Waals surface area contributed by atoms with Crippen molar-refractivity contribution in [3.8, 4) is 22.7 Å². The maximum atomic E-state index is 6.87. The Morgan fingerprint density at radius 1 is 0.219 bits per heavy atom. The van der Waals surface area contributed by atoms with E-state index in [2.05, 4.69) is 268 Å². The summed E-state index contributed by atoms with van der Waals surface area (Å²) < 4.78 is 50.4. The molecule has 10 aromatic carbocycles. The standard InChI is InChI=1S/C42H28N2O3S.C42H28N2O2S2/c1-21-5-11-25(12-6-21)43-35-27-15-9-23(3)17-31(27)45-39(35)40-37(43)29-20-34-30(19-33(29)46-40)38-42(48-34)41-36(28-16-10-24(4)18-32(28)47-41)44(38)26-13-7-22(2)8-14-26;1-21-5-11-25(12-6-21)43-31-17-23(3)9-15-27(31)39-35(43)37-41(47-39)29-19-34-30(20-33(29)45-37)42-38(46-34)36-40(48-42)28-16-10-24(4)18-32(28)44(36)26-13-7-22(2)8-14-26/h2*5-20H,1-4H3. The lowest BCUT2D eigenvalue weighted by Gasteiger charge is -2.08. The second-order valence-corrected chi connectivity index (χ2v) is 29.7. The number of benzene rings is 10. The van der Waals surface area contributed by atoms with Crippen molar-refractivity contribution in [2.45, 2.75) is 55.4 Å². The van der Waals surface area contributed by atoms with Gasteiger partial charge in [0.1, 0.15) is 55.5 Å². The molecule has 0 fully saturated rings. The SMILES string of the molecule is Cc1ccc(-n2c3c4ccc(C)cc4oc3c3oc4cc5c(cc4c32)sc2c3oc4cc(C)ccc4c3n(-c3ccc(C)cc3)c52)cc1.Cc1ccc(-n2c3cc(C)ccc3c3sc4c5cc6oc7c(sc8c9ccc(C)cc9n(-c9ccc(C)cc9)c78)c6cc5oc4c32)cc1. The third-order valence-corrected chi connectivity index (χ3v) is 23.6. The summed E-state index contributed by atoms with van der Waals surface area (Å²) in [6.07, 6.45) is 0. The van der Waals surface area contributed by atoms with E-state index < -0.39 is 0 Å². The van der Waals surface area contributed by atoms with Crippen molar-refractivity contribution in [2.75, 3.05) is 0 Å². The van der Waals surface area contributed by atoms with Crippen molar-refractivity contribution in [3.05, 3.63) is 239 Å². The number of furan rings is 5. The fourth-order valence-corrected chi connectivity index (χ4v) is 19.0. The van der Waals surface area contributed by atoms with Gasteiger partial charge in [-0.2, -0.15) is 0 Å². The zero-order valence-corrected chi connectivity index (χ0v) is 56.0. The van der Waals surface area contributed by atoms with E-state index in [4.69, 9.17) is 22.1 Å². The highest BCUT2D eigenvalue weighted by molar-refractivity contribution is 7.28. The van der Waals surface area contributed by atoms with E-state index in [0.717, 1.165) is 164 Å². The quantitative estimate of drug-likeness (QED) is 0.175. The third-order valence-electron chi connectivity index (χ3n) is 20.0. The second kappa shape index (κ2) is 19.3. The number of aromatic nitrogens is 4. The van der Waals surface area contributed by atoms with Gasteiger partial charge in [0.05, 0.1) is 40.0 Å². The predicted molar refractivity (Wildman–Crippen MR) is 403 cm³/mol. The van der Waals surface area contributed by atoms with E-state index in [0.29, 0.717) is 0 Å². The van der Waals surface area contributed by atoms with Gasteiger partial charge in [0.25, 0.3) is 0 Å². The third kappa shape index (κ3) is 7.48. The lowest BCUT2D eigenvalue weighted by Crippen LogP contribution is -1.94. The Balaban J connectivity index is 0.000000127. The van der Waals surface area contributed by atoms with Crippen molar-refractivity contribution in [2.24, 2.45) is 0 Å². The summed E-state index contributed by atoms with van der Waals surface area (Å²) in [4.78, 5) is 0. The molecule has 0 atom stereocenters. The summed E-state index contributed by atoms with van der Waals surface area (Å²) in [5, 5.41) is 9.10. The molecular formula is C84H56N4O5S3. The topological polar surface area (TPSA) is 85.4 Å². The Morgan fingerprint density at radius 3 is 0.990 bits per heavy atom. The van der Waals surface area contributed by atoms with Crippen molar-refractivity contribution < 1.29 is 22.1 Å². The molecule has 0 unspecified atom stereocenters. The van der Waals surface area contributed by atoms with E-state index in [1.807, 2.05) is 22.7 Å². The van der Waals surface area contributed by atoms with Crippen molar-refractivity contribution in [1.82, 2.24) is 18.3 Å². The molecule has 22 rings (SSSR count). The van der Waals surface area contributed by atoms with Crippen LogP contribution in [0.1, 0.15) is 44.5 Å². The van der Waals surface area contributed by atoms with Gasteiger partial charge in [-0.15, -0.1) is 34.0 Å². The minimum atomic E-state index is 0.771. The summed E-state index contributed by atoms with van der Waals surface area (Å²) in [7, 11) is 0. The van der Waals surface area contributed by atoms with Gasteiger partial charge in [-0.3, -0.25) is 0 Å². The Kier molecular flexibility index (Phi) is 10.9. The molecule has 0 bridgehead atoms. The van der Waals surface area contributed by atoms with E-state index in [-0.39, 0.29) is 0 Å². The van der Waals surface area contributed by atoms with Crippen LogP contribution in [0.15, 0.2) is 216 Å². The molecule has 96 heavy (non-hydrogen) atoms. The molecule has 12 aromatic heterocycles. The molecule has 0 amide bonds. The minimum Gasteiger partial charge on any atom is -0.453 e. The smallest absolute Gasteiger partial charge is 0.196 e. The summed E-state index contributed by atoms with van der Waals surface area (Å²) in [6.45, 7) is 17.0. The average Bonchev–Trinajstić information content (AvgIpc) is 1.54. The maximum absolute atomic E-state index is 6.87. The lowest BCUT2D eigenvalue weighted by molar-refractivity contribution is 0.634. The van der Waals surface area contributed by atoms with Gasteiger partial charge in [-0.05, 0) is 187 Å². The van der Waals surface area contributed by atoms with Crippen molar-refractivity contribution >= 4 is 205 Å². The number of aryl methyl sites for hydroxylation is 8. The van der Waals surface area contributed by atoms with Crippen molar-refractivity contribution in [3.63, 3.8) is 0 Å². The summed E-state index contributed by atoms with van der Waals surface area (Å²) in [6, 6.07) is 70.4. The Morgan fingerprint density at radius 2 is 0.542 bits per heavy atom. The molecule has 0 aliphatic carbocycles. The van der Waals surface area contributed by atoms with E-state index in [1.54, 1.807) is 11.3 Å². The van der Waals surface area contributed by atoms with Gasteiger partial charge in [0, 0.05) is 70.5 Å². The number of thiophene rings is 3. The molecule has 22 aromatic rings. The van der Waals surface area contributed by atoms with Crippen LogP contribution in [0.5, 0.6) is 0 Å². The number of nitrogens with zero attached hydrogens (tertiary/aromatic N) is 4. The highest BCUT2D eigenvalue weighted by Crippen LogP contribution is 2.53. The normalized spacial score (nSPS) is 12.6. The zero-order valence-electron chi connectivity index (χ0n) is 53.5. The lowest BCUT2D eigenvalue weighted by atomic mass is 10.1. The first-order valence-electron chi connectivity index (χ1n) is 32.5. The molecule has 12 heteroatoms. The van der Waals surface area contributed by atoms with Gasteiger partial charge in [0.2, 0.25) is 0 Å².